The van der Waals surface area contributed by atoms with Gasteiger partial charge < -0.3 is 10.5 Å². The maximum atomic E-state index is 6.16. The van der Waals surface area contributed by atoms with Crippen LogP contribution < -0.4 is 10.5 Å². The second kappa shape index (κ2) is 5.40. The third kappa shape index (κ3) is 2.35. The summed E-state index contributed by atoms with van der Waals surface area (Å²) < 4.78 is 5.54. The summed E-state index contributed by atoms with van der Waals surface area (Å²) in [6.07, 6.45) is 9.71. The van der Waals surface area contributed by atoms with Gasteiger partial charge in [0.2, 0.25) is 0 Å². The summed E-state index contributed by atoms with van der Waals surface area (Å²) in [5, 5.41) is 0. The van der Waals surface area contributed by atoms with Crippen molar-refractivity contribution < 1.29 is 4.74 Å². The molecule has 1 spiro atoms. The molecule has 2 heteroatoms. The van der Waals surface area contributed by atoms with Crippen LogP contribution in [0.1, 0.15) is 57.4 Å². The van der Waals surface area contributed by atoms with Gasteiger partial charge in [-0.2, -0.15) is 0 Å². The van der Waals surface area contributed by atoms with E-state index in [1.807, 2.05) is 6.92 Å². The molecule has 2 aliphatic carbocycles. The van der Waals surface area contributed by atoms with E-state index in [0.29, 0.717) is 5.41 Å². The number of nitrogens with two attached hydrogens (primary N) is 1. The molecule has 20 heavy (non-hydrogen) atoms. The average Bonchev–Trinajstić information content (AvgIpc) is 2.46. The predicted octanol–water partition coefficient (Wildman–Crippen LogP) is 4.03. The van der Waals surface area contributed by atoms with E-state index in [9.17, 15) is 0 Å². The fourth-order valence-corrected chi connectivity index (χ4v) is 4.58. The largest absolute Gasteiger partial charge is 0.494 e. The third-order valence-corrected chi connectivity index (χ3v) is 5.51. The van der Waals surface area contributed by atoms with Crippen molar-refractivity contribution in [1.82, 2.24) is 0 Å². The van der Waals surface area contributed by atoms with E-state index in [0.717, 1.165) is 18.9 Å². The molecule has 110 valence electrons. The van der Waals surface area contributed by atoms with E-state index >= 15 is 0 Å². The van der Waals surface area contributed by atoms with Crippen molar-refractivity contribution in [2.45, 2.75) is 57.3 Å². The van der Waals surface area contributed by atoms with Crippen molar-refractivity contribution in [2.75, 3.05) is 13.2 Å². The lowest BCUT2D eigenvalue weighted by molar-refractivity contribution is -0.00835. The SMILES string of the molecule is CCOc1ccc(C2(CN)CC3(CCCCC3)C2)cc1. The van der Waals surface area contributed by atoms with Crippen LogP contribution in [-0.2, 0) is 5.41 Å². The first kappa shape index (κ1) is 13.9. The number of hydrogen-bond donors (Lipinski definition) is 1. The molecule has 0 saturated heterocycles. The number of hydrogen-bond acceptors (Lipinski definition) is 2. The first-order valence-corrected chi connectivity index (χ1v) is 8.15. The van der Waals surface area contributed by atoms with Gasteiger partial charge in [-0.05, 0) is 55.7 Å². The zero-order chi connectivity index (χ0) is 14.1. The van der Waals surface area contributed by atoms with Crippen LogP contribution in [0.4, 0.5) is 0 Å². The smallest absolute Gasteiger partial charge is 0.119 e. The maximum Gasteiger partial charge on any atom is 0.119 e. The zero-order valence-corrected chi connectivity index (χ0v) is 12.7. The summed E-state index contributed by atoms with van der Waals surface area (Å²) in [5.41, 5.74) is 8.43. The van der Waals surface area contributed by atoms with E-state index in [4.69, 9.17) is 10.5 Å². The quantitative estimate of drug-likeness (QED) is 0.899. The molecule has 0 bridgehead atoms. The molecule has 0 heterocycles. The van der Waals surface area contributed by atoms with Gasteiger partial charge in [-0.25, -0.2) is 0 Å². The van der Waals surface area contributed by atoms with Gasteiger partial charge >= 0.3 is 0 Å². The van der Waals surface area contributed by atoms with Crippen LogP contribution in [0.2, 0.25) is 0 Å². The molecule has 1 aromatic rings. The van der Waals surface area contributed by atoms with Crippen molar-refractivity contribution in [3.8, 4) is 5.75 Å². The number of ether oxygens (including phenoxy) is 1. The van der Waals surface area contributed by atoms with Gasteiger partial charge in [-0.1, -0.05) is 31.4 Å². The molecular formula is C18H27NO. The van der Waals surface area contributed by atoms with Gasteiger partial charge in [-0.3, -0.25) is 0 Å². The molecule has 3 rings (SSSR count). The highest BCUT2D eigenvalue weighted by atomic mass is 16.5. The Balaban J connectivity index is 1.74. The molecule has 2 saturated carbocycles. The lowest BCUT2D eigenvalue weighted by atomic mass is 9.47. The van der Waals surface area contributed by atoms with Crippen molar-refractivity contribution >= 4 is 0 Å². The number of rotatable bonds is 4. The Kier molecular flexibility index (Phi) is 3.76. The normalized spacial score (nSPS) is 23.3. The summed E-state index contributed by atoms with van der Waals surface area (Å²) in [5.74, 6) is 0.968. The van der Waals surface area contributed by atoms with Crippen LogP contribution >= 0.6 is 0 Å². The highest BCUT2D eigenvalue weighted by Crippen LogP contribution is 2.61. The highest BCUT2D eigenvalue weighted by Gasteiger charge is 2.54. The first-order valence-electron chi connectivity index (χ1n) is 8.15. The monoisotopic (exact) mass is 273 g/mol. The van der Waals surface area contributed by atoms with E-state index in [2.05, 4.69) is 24.3 Å². The maximum absolute atomic E-state index is 6.16. The molecule has 0 aromatic heterocycles. The predicted molar refractivity (Wildman–Crippen MR) is 83.1 cm³/mol. The molecular weight excluding hydrogens is 246 g/mol. The van der Waals surface area contributed by atoms with E-state index in [1.165, 1.54) is 50.5 Å². The Morgan fingerprint density at radius 1 is 1.05 bits per heavy atom. The molecule has 2 nitrogen and oxygen atoms in total. The van der Waals surface area contributed by atoms with E-state index in [1.54, 1.807) is 0 Å². The molecule has 0 unspecified atom stereocenters. The lowest BCUT2D eigenvalue weighted by Crippen LogP contribution is -2.54. The standard InChI is InChI=1S/C18H27NO/c1-2-20-16-8-6-15(7-9-16)18(14-19)12-17(13-18)10-4-3-5-11-17/h6-9H,2-5,10-14,19H2,1H3. The molecule has 0 aliphatic heterocycles. The Morgan fingerprint density at radius 3 is 2.25 bits per heavy atom. The van der Waals surface area contributed by atoms with Crippen molar-refractivity contribution in [3.63, 3.8) is 0 Å². The van der Waals surface area contributed by atoms with Gasteiger partial charge in [0.15, 0.2) is 0 Å². The second-order valence-corrected chi connectivity index (χ2v) is 6.86. The second-order valence-electron chi connectivity index (χ2n) is 6.86. The third-order valence-electron chi connectivity index (χ3n) is 5.51. The fourth-order valence-electron chi connectivity index (χ4n) is 4.58. The van der Waals surface area contributed by atoms with E-state index in [-0.39, 0.29) is 5.41 Å². The van der Waals surface area contributed by atoms with Crippen molar-refractivity contribution in [2.24, 2.45) is 11.1 Å². The van der Waals surface area contributed by atoms with Crippen molar-refractivity contribution in [3.05, 3.63) is 29.8 Å². The summed E-state index contributed by atoms with van der Waals surface area (Å²) in [4.78, 5) is 0. The van der Waals surface area contributed by atoms with Gasteiger partial charge in [0, 0.05) is 12.0 Å². The average molecular weight is 273 g/mol. The molecule has 2 fully saturated rings. The minimum absolute atomic E-state index is 0.238. The molecule has 2 aliphatic rings. The molecule has 1 aromatic carbocycles. The van der Waals surface area contributed by atoms with Crippen LogP contribution in [0.25, 0.3) is 0 Å². The minimum atomic E-state index is 0.238. The van der Waals surface area contributed by atoms with E-state index < -0.39 is 0 Å². The first-order chi connectivity index (χ1) is 9.72. The molecule has 0 atom stereocenters. The molecule has 0 amide bonds. The molecule has 0 radical (unpaired) electrons. The summed E-state index contributed by atoms with van der Waals surface area (Å²) in [7, 11) is 0. The Bertz CT molecular complexity index is 437. The lowest BCUT2D eigenvalue weighted by Gasteiger charge is -2.58. The van der Waals surface area contributed by atoms with Gasteiger partial charge in [0.1, 0.15) is 5.75 Å². The summed E-state index contributed by atoms with van der Waals surface area (Å²) >= 11 is 0. The van der Waals surface area contributed by atoms with Crippen LogP contribution in [-0.4, -0.2) is 13.2 Å². The fraction of sp³-hybridized carbons (Fsp3) is 0.667. The van der Waals surface area contributed by atoms with Gasteiger partial charge in [-0.15, -0.1) is 0 Å². The summed E-state index contributed by atoms with van der Waals surface area (Å²) in [6.45, 7) is 3.53. The van der Waals surface area contributed by atoms with Gasteiger partial charge in [0.25, 0.3) is 0 Å². The van der Waals surface area contributed by atoms with Crippen LogP contribution in [0.5, 0.6) is 5.75 Å². The minimum Gasteiger partial charge on any atom is -0.494 e. The number of benzene rings is 1. The Morgan fingerprint density at radius 2 is 1.70 bits per heavy atom. The summed E-state index contributed by atoms with van der Waals surface area (Å²) in [6, 6.07) is 8.66. The Labute approximate surface area is 122 Å². The van der Waals surface area contributed by atoms with Crippen LogP contribution in [0.3, 0.4) is 0 Å². The van der Waals surface area contributed by atoms with Gasteiger partial charge in [0.05, 0.1) is 6.61 Å². The van der Waals surface area contributed by atoms with Crippen LogP contribution in [0.15, 0.2) is 24.3 Å². The zero-order valence-electron chi connectivity index (χ0n) is 12.7. The van der Waals surface area contributed by atoms with Crippen molar-refractivity contribution in [1.29, 1.82) is 0 Å². The van der Waals surface area contributed by atoms with Crippen LogP contribution in [0, 0.1) is 5.41 Å². The Hall–Kier alpha value is -1.02. The highest BCUT2D eigenvalue weighted by molar-refractivity contribution is 5.36. The molecule has 2 N–H and O–H groups in total. The topological polar surface area (TPSA) is 35.2 Å².